The fraction of sp³-hybridized carbons (Fsp3) is 0.333. The van der Waals surface area contributed by atoms with E-state index in [4.69, 9.17) is 0 Å². The van der Waals surface area contributed by atoms with Gasteiger partial charge in [-0.1, -0.05) is 78.3 Å². The highest BCUT2D eigenvalue weighted by molar-refractivity contribution is 9.10. The zero-order valence-electron chi connectivity index (χ0n) is 20.9. The summed E-state index contributed by atoms with van der Waals surface area (Å²) in [6, 6.07) is 19.4. The zero-order chi connectivity index (χ0) is 26.5. The number of fused-ring (bicyclic) bond motifs is 1. The molecule has 0 fully saturated rings. The Hall–Kier alpha value is -2.91. The van der Waals surface area contributed by atoms with Gasteiger partial charge in [0.05, 0.1) is 11.9 Å². The van der Waals surface area contributed by atoms with Crippen molar-refractivity contribution in [3.05, 3.63) is 76.8 Å². The number of benzene rings is 3. The van der Waals surface area contributed by atoms with Crippen molar-refractivity contribution < 1.29 is 18.0 Å². The summed E-state index contributed by atoms with van der Waals surface area (Å²) in [7, 11) is -3.80. The number of nitrogens with one attached hydrogen (secondary N) is 1. The Morgan fingerprint density at radius 3 is 2.22 bits per heavy atom. The van der Waals surface area contributed by atoms with E-state index in [9.17, 15) is 18.0 Å². The maximum absolute atomic E-state index is 13.7. The molecule has 3 aromatic rings. The first kappa shape index (κ1) is 27.7. The molecule has 0 radical (unpaired) electrons. The van der Waals surface area contributed by atoms with E-state index in [1.54, 1.807) is 19.1 Å². The van der Waals surface area contributed by atoms with Crippen molar-refractivity contribution in [3.63, 3.8) is 0 Å². The minimum absolute atomic E-state index is 0.162. The van der Waals surface area contributed by atoms with Gasteiger partial charge in [-0.25, -0.2) is 8.42 Å². The molecular formula is C27H32BrN3O4S. The molecule has 0 saturated heterocycles. The molecule has 0 bridgehead atoms. The number of anilines is 1. The maximum Gasteiger partial charge on any atom is 0.244 e. The first-order chi connectivity index (χ1) is 17.0. The Bertz CT molecular complexity index is 1320. The quantitative estimate of drug-likeness (QED) is 0.385. The molecule has 1 unspecified atom stereocenters. The second-order valence-corrected chi connectivity index (χ2v) is 12.1. The van der Waals surface area contributed by atoms with Gasteiger partial charge in [0, 0.05) is 22.9 Å². The largest absolute Gasteiger partial charge is 0.354 e. The monoisotopic (exact) mass is 573 g/mol. The smallest absolute Gasteiger partial charge is 0.244 e. The summed E-state index contributed by atoms with van der Waals surface area (Å²) >= 11 is 3.41. The average Bonchev–Trinajstić information content (AvgIpc) is 2.84. The fourth-order valence-corrected chi connectivity index (χ4v) is 4.97. The minimum atomic E-state index is -3.80. The topological polar surface area (TPSA) is 86.8 Å². The van der Waals surface area contributed by atoms with Gasteiger partial charge < -0.3 is 10.2 Å². The lowest BCUT2D eigenvalue weighted by Gasteiger charge is -2.32. The standard InChI is InChI=1S/C27H32BrN3O4S/c1-19(2)16-29-27(33)20(3)30(17-21-12-14-23(28)15-13-21)26(32)18-31(36(4,34)35)25-11-7-9-22-8-5-6-10-24(22)25/h5-15,19-20H,16-18H2,1-4H3,(H,29,33). The van der Waals surface area contributed by atoms with E-state index < -0.39 is 28.5 Å². The molecule has 1 N–H and O–H groups in total. The van der Waals surface area contributed by atoms with Gasteiger partial charge in [0.15, 0.2) is 0 Å². The van der Waals surface area contributed by atoms with Crippen LogP contribution in [0.5, 0.6) is 0 Å². The van der Waals surface area contributed by atoms with Gasteiger partial charge in [-0.2, -0.15) is 0 Å². The highest BCUT2D eigenvalue weighted by atomic mass is 79.9. The zero-order valence-corrected chi connectivity index (χ0v) is 23.3. The maximum atomic E-state index is 13.7. The van der Waals surface area contributed by atoms with Crippen molar-refractivity contribution in [2.75, 3.05) is 23.7 Å². The number of amides is 2. The van der Waals surface area contributed by atoms with Gasteiger partial charge in [-0.05, 0) is 42.0 Å². The lowest BCUT2D eigenvalue weighted by Crippen LogP contribution is -2.51. The van der Waals surface area contributed by atoms with Crippen LogP contribution in [0, 0.1) is 5.92 Å². The van der Waals surface area contributed by atoms with Crippen LogP contribution in [-0.4, -0.2) is 50.5 Å². The van der Waals surface area contributed by atoms with Crippen LogP contribution in [0.1, 0.15) is 26.3 Å². The van der Waals surface area contributed by atoms with Crippen molar-refractivity contribution in [1.29, 1.82) is 0 Å². The van der Waals surface area contributed by atoms with Crippen LogP contribution in [0.15, 0.2) is 71.2 Å². The van der Waals surface area contributed by atoms with Crippen LogP contribution in [0.4, 0.5) is 5.69 Å². The summed E-state index contributed by atoms with van der Waals surface area (Å²) < 4.78 is 27.8. The SMILES string of the molecule is CC(C)CNC(=O)C(C)N(Cc1ccc(Br)cc1)C(=O)CN(c1cccc2ccccc12)S(C)(=O)=O. The molecule has 3 rings (SSSR count). The summed E-state index contributed by atoms with van der Waals surface area (Å²) in [6.07, 6.45) is 1.08. The van der Waals surface area contributed by atoms with E-state index in [0.29, 0.717) is 12.2 Å². The molecule has 0 aliphatic heterocycles. The first-order valence-corrected chi connectivity index (χ1v) is 14.4. The number of carbonyl (C=O) groups excluding carboxylic acids is 2. The number of rotatable bonds is 10. The predicted molar refractivity (Wildman–Crippen MR) is 148 cm³/mol. The average molecular weight is 575 g/mol. The molecule has 192 valence electrons. The van der Waals surface area contributed by atoms with E-state index in [0.717, 1.165) is 31.4 Å². The van der Waals surface area contributed by atoms with Crippen LogP contribution in [0.2, 0.25) is 0 Å². The molecule has 0 aromatic heterocycles. The minimum Gasteiger partial charge on any atom is -0.354 e. The number of hydrogen-bond donors (Lipinski definition) is 1. The number of carbonyl (C=O) groups is 2. The Labute approximate surface area is 221 Å². The van der Waals surface area contributed by atoms with Crippen molar-refractivity contribution >= 4 is 54.2 Å². The van der Waals surface area contributed by atoms with Crippen molar-refractivity contribution in [1.82, 2.24) is 10.2 Å². The predicted octanol–water partition coefficient (Wildman–Crippen LogP) is 4.56. The number of halogens is 1. The Kier molecular flexibility index (Phi) is 9.13. The molecular weight excluding hydrogens is 542 g/mol. The second kappa shape index (κ2) is 11.9. The lowest BCUT2D eigenvalue weighted by atomic mass is 10.1. The van der Waals surface area contributed by atoms with Gasteiger partial charge in [-0.3, -0.25) is 13.9 Å². The molecule has 7 nitrogen and oxygen atoms in total. The van der Waals surface area contributed by atoms with Gasteiger partial charge in [-0.15, -0.1) is 0 Å². The number of nitrogens with zero attached hydrogens (tertiary/aromatic N) is 2. The van der Waals surface area contributed by atoms with E-state index >= 15 is 0 Å². The molecule has 0 spiro atoms. The molecule has 2 amide bonds. The molecule has 1 atom stereocenters. The van der Waals surface area contributed by atoms with Crippen molar-refractivity contribution in [3.8, 4) is 0 Å². The fourth-order valence-electron chi connectivity index (χ4n) is 3.84. The van der Waals surface area contributed by atoms with E-state index in [1.165, 1.54) is 4.90 Å². The van der Waals surface area contributed by atoms with E-state index in [2.05, 4.69) is 21.2 Å². The first-order valence-electron chi connectivity index (χ1n) is 11.7. The second-order valence-electron chi connectivity index (χ2n) is 9.23. The molecule has 0 heterocycles. The molecule has 36 heavy (non-hydrogen) atoms. The number of hydrogen-bond acceptors (Lipinski definition) is 4. The lowest BCUT2D eigenvalue weighted by molar-refractivity contribution is -0.139. The highest BCUT2D eigenvalue weighted by Gasteiger charge is 2.30. The molecule has 0 saturated carbocycles. The summed E-state index contributed by atoms with van der Waals surface area (Å²) in [5.41, 5.74) is 1.25. The van der Waals surface area contributed by atoms with E-state index in [-0.39, 0.29) is 18.4 Å². The Morgan fingerprint density at radius 2 is 1.58 bits per heavy atom. The highest BCUT2D eigenvalue weighted by Crippen LogP contribution is 2.28. The number of sulfonamides is 1. The van der Waals surface area contributed by atoms with Gasteiger partial charge >= 0.3 is 0 Å². The Balaban J connectivity index is 1.96. The molecule has 0 aliphatic rings. The summed E-state index contributed by atoms with van der Waals surface area (Å²) in [4.78, 5) is 28.0. The molecule has 9 heteroatoms. The summed E-state index contributed by atoms with van der Waals surface area (Å²) in [5, 5.41) is 4.47. The third-order valence-electron chi connectivity index (χ3n) is 5.83. The van der Waals surface area contributed by atoms with Crippen LogP contribution in [-0.2, 0) is 26.2 Å². The summed E-state index contributed by atoms with van der Waals surface area (Å²) in [5.74, 6) is -0.502. The van der Waals surface area contributed by atoms with Crippen LogP contribution in [0.25, 0.3) is 10.8 Å². The van der Waals surface area contributed by atoms with Crippen molar-refractivity contribution in [2.24, 2.45) is 5.92 Å². The Morgan fingerprint density at radius 1 is 0.944 bits per heavy atom. The van der Waals surface area contributed by atoms with Gasteiger partial charge in [0.1, 0.15) is 12.6 Å². The van der Waals surface area contributed by atoms with Crippen LogP contribution >= 0.6 is 15.9 Å². The van der Waals surface area contributed by atoms with Gasteiger partial charge in [0.2, 0.25) is 21.8 Å². The normalized spacial score (nSPS) is 12.4. The van der Waals surface area contributed by atoms with Gasteiger partial charge in [0.25, 0.3) is 0 Å². The summed E-state index contributed by atoms with van der Waals surface area (Å²) in [6.45, 7) is 5.86. The third-order valence-corrected chi connectivity index (χ3v) is 7.49. The third kappa shape index (κ3) is 7.07. The van der Waals surface area contributed by atoms with Crippen molar-refractivity contribution in [2.45, 2.75) is 33.4 Å². The molecule has 3 aromatic carbocycles. The van der Waals surface area contributed by atoms with E-state index in [1.807, 2.05) is 68.4 Å². The van der Waals surface area contributed by atoms with Crippen LogP contribution < -0.4 is 9.62 Å². The van der Waals surface area contributed by atoms with Crippen LogP contribution in [0.3, 0.4) is 0 Å². The molecule has 0 aliphatic carbocycles.